The first-order chi connectivity index (χ1) is 12.1. The SMILES string of the molecule is Cc1cc(C(=O)C=Cc2sc(C)c3c2C[C@@H]2[C@H]3C2(C)C)c(C)c(C)c1O. The Morgan fingerprint density at radius 1 is 1.23 bits per heavy atom. The van der Waals surface area contributed by atoms with Gasteiger partial charge in [-0.1, -0.05) is 13.8 Å². The van der Waals surface area contributed by atoms with Crippen LogP contribution in [0.15, 0.2) is 12.1 Å². The molecule has 1 heterocycles. The van der Waals surface area contributed by atoms with E-state index in [-0.39, 0.29) is 11.5 Å². The highest BCUT2D eigenvalue weighted by Gasteiger charge is 2.63. The van der Waals surface area contributed by atoms with Crippen molar-refractivity contribution in [1.82, 2.24) is 0 Å². The number of aryl methyl sites for hydroxylation is 2. The van der Waals surface area contributed by atoms with Gasteiger partial charge in [0.25, 0.3) is 0 Å². The number of fused-ring (bicyclic) bond motifs is 3. The third-order valence-corrected chi connectivity index (χ3v) is 7.89. The molecule has 4 rings (SSSR count). The fourth-order valence-corrected chi connectivity index (χ4v) is 6.00. The zero-order valence-electron chi connectivity index (χ0n) is 16.4. The van der Waals surface area contributed by atoms with Crippen LogP contribution in [0.3, 0.4) is 0 Å². The summed E-state index contributed by atoms with van der Waals surface area (Å²) in [5.41, 5.74) is 6.57. The summed E-state index contributed by atoms with van der Waals surface area (Å²) in [6.07, 6.45) is 4.87. The third-order valence-electron chi connectivity index (χ3n) is 6.76. The van der Waals surface area contributed by atoms with Crippen LogP contribution in [0.25, 0.3) is 6.08 Å². The molecule has 0 aliphatic heterocycles. The van der Waals surface area contributed by atoms with Gasteiger partial charge in [-0.3, -0.25) is 4.79 Å². The quantitative estimate of drug-likeness (QED) is 0.544. The molecule has 3 heteroatoms. The van der Waals surface area contributed by atoms with Gasteiger partial charge in [-0.05, 0) is 97.4 Å². The maximum absolute atomic E-state index is 12.8. The number of phenols is 1. The minimum Gasteiger partial charge on any atom is -0.507 e. The molecule has 2 nitrogen and oxygen atoms in total. The number of carbonyl (C=O) groups is 1. The molecular formula is C23H26O2S. The van der Waals surface area contributed by atoms with Crippen molar-refractivity contribution in [2.24, 2.45) is 11.3 Å². The molecule has 1 saturated carbocycles. The van der Waals surface area contributed by atoms with Crippen molar-refractivity contribution >= 4 is 23.2 Å². The van der Waals surface area contributed by atoms with Gasteiger partial charge >= 0.3 is 0 Å². The van der Waals surface area contributed by atoms with Crippen molar-refractivity contribution in [3.63, 3.8) is 0 Å². The lowest BCUT2D eigenvalue weighted by atomic mass is 9.94. The van der Waals surface area contributed by atoms with Crippen LogP contribution in [0.2, 0.25) is 0 Å². The first-order valence-electron chi connectivity index (χ1n) is 9.29. The van der Waals surface area contributed by atoms with Gasteiger partial charge in [0.05, 0.1) is 0 Å². The lowest BCUT2D eigenvalue weighted by Gasteiger charge is -2.11. The van der Waals surface area contributed by atoms with Crippen LogP contribution in [0.5, 0.6) is 5.75 Å². The summed E-state index contributed by atoms with van der Waals surface area (Å²) in [5, 5.41) is 10.1. The predicted molar refractivity (Wildman–Crippen MR) is 108 cm³/mol. The van der Waals surface area contributed by atoms with Crippen molar-refractivity contribution in [3.05, 3.63) is 55.3 Å². The number of rotatable bonds is 3. The Labute approximate surface area is 159 Å². The molecule has 2 aliphatic rings. The molecule has 0 unspecified atom stereocenters. The maximum atomic E-state index is 12.8. The predicted octanol–water partition coefficient (Wildman–Crippen LogP) is 5.88. The highest BCUT2D eigenvalue weighted by Crippen LogP contribution is 2.71. The Hall–Kier alpha value is -1.87. The molecule has 2 aromatic rings. The summed E-state index contributed by atoms with van der Waals surface area (Å²) < 4.78 is 0. The second-order valence-electron chi connectivity index (χ2n) is 8.56. The molecule has 136 valence electrons. The molecule has 0 spiro atoms. The molecule has 0 radical (unpaired) electrons. The Balaban J connectivity index is 1.64. The normalized spacial score (nSPS) is 22.5. The molecule has 1 N–H and O–H groups in total. The van der Waals surface area contributed by atoms with Gasteiger partial charge in [0.2, 0.25) is 0 Å². The summed E-state index contributed by atoms with van der Waals surface area (Å²) in [7, 11) is 0. The molecule has 1 aromatic heterocycles. The van der Waals surface area contributed by atoms with E-state index in [1.807, 2.05) is 38.2 Å². The van der Waals surface area contributed by atoms with E-state index in [1.54, 1.807) is 17.7 Å². The highest BCUT2D eigenvalue weighted by atomic mass is 32.1. The summed E-state index contributed by atoms with van der Waals surface area (Å²) >= 11 is 1.82. The van der Waals surface area contributed by atoms with Crippen molar-refractivity contribution in [2.75, 3.05) is 0 Å². The van der Waals surface area contributed by atoms with Crippen LogP contribution in [0.1, 0.15) is 67.7 Å². The zero-order chi connectivity index (χ0) is 19.0. The smallest absolute Gasteiger partial charge is 0.186 e. The van der Waals surface area contributed by atoms with Crippen LogP contribution < -0.4 is 0 Å². The number of aromatic hydroxyl groups is 1. The lowest BCUT2D eigenvalue weighted by Crippen LogP contribution is -2.02. The number of phenolic OH excluding ortho intramolecular Hbond substituents is 1. The number of thiophene rings is 1. The van der Waals surface area contributed by atoms with Gasteiger partial charge in [0.15, 0.2) is 5.78 Å². The van der Waals surface area contributed by atoms with Crippen molar-refractivity contribution in [3.8, 4) is 5.75 Å². The summed E-state index contributed by atoms with van der Waals surface area (Å²) in [6, 6.07) is 1.80. The summed E-state index contributed by atoms with van der Waals surface area (Å²) in [4.78, 5) is 15.4. The van der Waals surface area contributed by atoms with Crippen molar-refractivity contribution in [2.45, 2.75) is 53.9 Å². The van der Waals surface area contributed by atoms with Gasteiger partial charge in [0, 0.05) is 15.3 Å². The Bertz CT molecular complexity index is 975. The number of allylic oxidation sites excluding steroid dienone is 1. The first kappa shape index (κ1) is 17.5. The van der Waals surface area contributed by atoms with Gasteiger partial charge in [-0.2, -0.15) is 0 Å². The number of carbonyl (C=O) groups excluding carboxylic acids is 1. The monoisotopic (exact) mass is 366 g/mol. The molecular weight excluding hydrogens is 340 g/mol. The standard InChI is InChI=1S/C23H26O2S/c1-11-9-15(12(2)13(3)22(11)25)18(24)7-8-19-16-10-17-21(23(17,5)6)20(16)14(4)26-19/h7-9,17,21,25H,10H2,1-6H3/t17-,21-/m1/s1. The Morgan fingerprint density at radius 3 is 2.62 bits per heavy atom. The number of ketones is 1. The number of hydrogen-bond donors (Lipinski definition) is 1. The number of benzene rings is 1. The highest BCUT2D eigenvalue weighted by molar-refractivity contribution is 7.13. The zero-order valence-corrected chi connectivity index (χ0v) is 17.2. The molecule has 0 saturated heterocycles. The van der Waals surface area contributed by atoms with E-state index in [2.05, 4.69) is 20.8 Å². The van der Waals surface area contributed by atoms with E-state index in [1.165, 1.54) is 15.3 Å². The van der Waals surface area contributed by atoms with E-state index < -0.39 is 0 Å². The lowest BCUT2D eigenvalue weighted by molar-refractivity contribution is 0.104. The minimum atomic E-state index is 0.0111. The Kier molecular flexibility index (Phi) is 3.75. The molecule has 0 bridgehead atoms. The van der Waals surface area contributed by atoms with Crippen LogP contribution in [-0.4, -0.2) is 10.9 Å². The fourth-order valence-electron chi connectivity index (χ4n) is 4.86. The second-order valence-corrected chi connectivity index (χ2v) is 9.82. The molecule has 2 atom stereocenters. The molecule has 1 fully saturated rings. The summed E-state index contributed by atoms with van der Waals surface area (Å²) in [6.45, 7) is 12.6. The van der Waals surface area contributed by atoms with Gasteiger partial charge in [-0.15, -0.1) is 11.3 Å². The van der Waals surface area contributed by atoms with E-state index in [9.17, 15) is 9.90 Å². The van der Waals surface area contributed by atoms with E-state index >= 15 is 0 Å². The minimum absolute atomic E-state index is 0.0111. The van der Waals surface area contributed by atoms with E-state index in [0.29, 0.717) is 11.0 Å². The molecule has 26 heavy (non-hydrogen) atoms. The molecule has 1 aromatic carbocycles. The van der Waals surface area contributed by atoms with Gasteiger partial charge in [-0.25, -0.2) is 0 Å². The maximum Gasteiger partial charge on any atom is 0.186 e. The third kappa shape index (κ3) is 2.33. The average molecular weight is 367 g/mol. The van der Waals surface area contributed by atoms with Crippen molar-refractivity contribution < 1.29 is 9.90 Å². The Morgan fingerprint density at radius 2 is 1.92 bits per heavy atom. The number of hydrogen-bond acceptors (Lipinski definition) is 3. The van der Waals surface area contributed by atoms with Gasteiger partial charge in [0.1, 0.15) is 5.75 Å². The van der Waals surface area contributed by atoms with Crippen molar-refractivity contribution in [1.29, 1.82) is 0 Å². The van der Waals surface area contributed by atoms with Crippen LogP contribution in [0, 0.1) is 39.0 Å². The largest absolute Gasteiger partial charge is 0.507 e. The molecule has 0 amide bonds. The van der Waals surface area contributed by atoms with Crippen LogP contribution in [-0.2, 0) is 6.42 Å². The van der Waals surface area contributed by atoms with Gasteiger partial charge < -0.3 is 5.11 Å². The topological polar surface area (TPSA) is 37.3 Å². The second kappa shape index (κ2) is 5.56. The first-order valence-corrected chi connectivity index (χ1v) is 10.1. The van der Waals surface area contributed by atoms with Crippen LogP contribution >= 0.6 is 11.3 Å². The van der Waals surface area contributed by atoms with Crippen LogP contribution in [0.4, 0.5) is 0 Å². The van der Waals surface area contributed by atoms with E-state index in [4.69, 9.17) is 0 Å². The fraction of sp³-hybridized carbons (Fsp3) is 0.435. The van der Waals surface area contributed by atoms with E-state index in [0.717, 1.165) is 34.9 Å². The average Bonchev–Trinajstić information content (AvgIpc) is 2.94. The molecule has 2 aliphatic carbocycles. The summed E-state index contributed by atoms with van der Waals surface area (Å²) in [5.74, 6) is 1.80.